The van der Waals surface area contributed by atoms with Gasteiger partial charge in [-0.15, -0.1) is 9.89 Å². The molecule has 0 aliphatic carbocycles. The monoisotopic (exact) mass is 757 g/mol. The Morgan fingerprint density at radius 3 is 2.00 bits per heavy atom. The number of nitrogens with one attached hydrogen (secondary N) is 1. The largest absolute Gasteiger partial charge is 1.00 e. The van der Waals surface area contributed by atoms with Gasteiger partial charge in [0.05, 0.1) is 26.2 Å². The molecule has 1 N–H and O–H groups in total. The standard InChI is InChI=1S/C31H32ClN7O7S2.2Na/c1-6-38(7-2)21-12-13-25(24(32)16-21)34-26-27(31(3,4)5)36-39-29(26)35-28(37-39)18-8-10-20(11-9-18)33-30(40)19-14-22(47(41,42)43)17-23(15-19)48(44,45)46;;/h8-17H,6-7H2,1-5H3,(H,33,40)(H,41,42,43)(H,44,45,46);;/q;2*+1/p-2. The van der Waals surface area contributed by atoms with Crippen molar-refractivity contribution in [2.45, 2.75) is 44.4 Å². The molecule has 19 heteroatoms. The number of carbonyl (C=O) groups excluding carboxylic acids is 1. The fraction of sp³-hybridized carbons (Fsp3) is 0.258. The molecule has 4 aromatic rings. The quantitative estimate of drug-likeness (QED) is 0.161. The predicted molar refractivity (Wildman–Crippen MR) is 179 cm³/mol. The summed E-state index contributed by atoms with van der Waals surface area (Å²) in [6, 6.07) is 13.7. The van der Waals surface area contributed by atoms with Crippen LogP contribution in [-0.2, 0) is 20.2 Å². The van der Waals surface area contributed by atoms with E-state index in [0.717, 1.165) is 18.8 Å². The summed E-state index contributed by atoms with van der Waals surface area (Å²) in [5.74, 6) is -0.228. The first-order chi connectivity index (χ1) is 22.4. The second-order valence-corrected chi connectivity index (χ2v) is 14.9. The Morgan fingerprint density at radius 1 is 0.920 bits per heavy atom. The van der Waals surface area contributed by atoms with Gasteiger partial charge in [0, 0.05) is 41.0 Å². The zero-order chi connectivity index (χ0) is 35.2. The summed E-state index contributed by atoms with van der Waals surface area (Å²) in [4.78, 5) is 24.0. The van der Waals surface area contributed by atoms with Crippen molar-refractivity contribution >= 4 is 66.2 Å². The topological polar surface area (TPSA) is 202 Å². The molecular formula is C31H30ClN7Na2O7S2. The molecule has 0 radical (unpaired) electrons. The summed E-state index contributed by atoms with van der Waals surface area (Å²) < 4.78 is 69.0. The van der Waals surface area contributed by atoms with E-state index < -0.39 is 46.9 Å². The van der Waals surface area contributed by atoms with Crippen LogP contribution in [-0.4, -0.2) is 71.2 Å². The molecule has 2 heterocycles. The van der Waals surface area contributed by atoms with Crippen LogP contribution < -0.4 is 69.3 Å². The molecule has 0 fully saturated rings. The summed E-state index contributed by atoms with van der Waals surface area (Å²) in [7, 11) is -10.3. The van der Waals surface area contributed by atoms with E-state index in [-0.39, 0.29) is 64.8 Å². The third-order valence-electron chi connectivity index (χ3n) is 7.34. The summed E-state index contributed by atoms with van der Waals surface area (Å²) in [5, 5.41) is 12.2. The Kier molecular flexibility index (Phi) is 13.5. The molecular weight excluding hydrogens is 728 g/mol. The third kappa shape index (κ3) is 9.30. The van der Waals surface area contributed by atoms with Gasteiger partial charge in [0.25, 0.3) is 5.91 Å². The minimum absolute atomic E-state index is 0. The molecule has 0 atom stereocenters. The Hall–Kier alpha value is -2.48. The molecule has 1 aromatic heterocycles. The Labute approximate surface area is 339 Å². The van der Waals surface area contributed by atoms with Gasteiger partial charge in [-0.25, -0.2) is 26.8 Å². The number of hydrogen-bond donors (Lipinski definition) is 1. The van der Waals surface area contributed by atoms with E-state index in [2.05, 4.69) is 34.3 Å². The van der Waals surface area contributed by atoms with Crippen molar-refractivity contribution in [2.75, 3.05) is 23.3 Å². The van der Waals surface area contributed by atoms with Crippen LogP contribution in [0.15, 0.2) is 80.5 Å². The number of fused-ring (bicyclic) bond motifs is 1. The molecule has 1 amide bonds. The van der Waals surface area contributed by atoms with E-state index in [1.165, 1.54) is 16.9 Å². The fourth-order valence-corrected chi connectivity index (χ4v) is 6.27. The fourth-order valence-electron chi connectivity index (χ4n) is 4.89. The number of anilines is 2. The van der Waals surface area contributed by atoms with Crippen LogP contribution in [0.4, 0.5) is 17.1 Å². The van der Waals surface area contributed by atoms with E-state index in [9.17, 15) is 30.7 Å². The smallest absolute Gasteiger partial charge is 0.744 e. The number of aromatic nitrogens is 3. The first-order valence-corrected chi connectivity index (χ1v) is 17.8. The van der Waals surface area contributed by atoms with Gasteiger partial charge in [-0.3, -0.25) is 4.79 Å². The van der Waals surface area contributed by atoms with Crippen molar-refractivity contribution in [3.05, 3.63) is 77.1 Å². The zero-order valence-electron chi connectivity index (χ0n) is 28.4. The van der Waals surface area contributed by atoms with Crippen molar-refractivity contribution in [3.63, 3.8) is 0 Å². The summed E-state index contributed by atoms with van der Waals surface area (Å²) in [6.45, 7) is 11.8. The molecule has 0 saturated carbocycles. The first kappa shape index (κ1) is 41.9. The van der Waals surface area contributed by atoms with Gasteiger partial charge in [-0.2, -0.15) is 5.10 Å². The van der Waals surface area contributed by atoms with E-state index in [4.69, 9.17) is 21.6 Å². The first-order valence-electron chi connectivity index (χ1n) is 14.6. The average Bonchev–Trinajstić information content (AvgIpc) is 3.57. The Morgan fingerprint density at radius 2 is 1.50 bits per heavy atom. The Balaban J connectivity index is 0.00000338. The van der Waals surface area contributed by atoms with Gasteiger partial charge >= 0.3 is 59.1 Å². The number of hydrogen-bond acceptors (Lipinski definition) is 12. The van der Waals surface area contributed by atoms with Crippen LogP contribution in [0.25, 0.3) is 11.4 Å². The van der Waals surface area contributed by atoms with E-state index >= 15 is 0 Å². The number of benzene rings is 3. The number of amides is 1. The van der Waals surface area contributed by atoms with E-state index in [1.807, 2.05) is 39.0 Å². The van der Waals surface area contributed by atoms with Crippen molar-refractivity contribution in [2.24, 2.45) is 15.5 Å². The maximum absolute atomic E-state index is 12.9. The van der Waals surface area contributed by atoms with Crippen molar-refractivity contribution in [3.8, 4) is 11.4 Å². The zero-order valence-corrected chi connectivity index (χ0v) is 34.8. The molecule has 50 heavy (non-hydrogen) atoms. The van der Waals surface area contributed by atoms with Crippen LogP contribution in [0.2, 0.25) is 5.02 Å². The summed E-state index contributed by atoms with van der Waals surface area (Å²) in [5.41, 5.74) is 2.61. The minimum atomic E-state index is -5.17. The van der Waals surface area contributed by atoms with Crippen LogP contribution in [0.1, 0.15) is 50.8 Å². The molecule has 252 valence electrons. The molecule has 5 rings (SSSR count). The maximum atomic E-state index is 12.9. The molecule has 14 nitrogen and oxygen atoms in total. The summed E-state index contributed by atoms with van der Waals surface area (Å²) in [6.07, 6.45) is 0. The molecule has 0 spiro atoms. The van der Waals surface area contributed by atoms with Gasteiger partial charge in [0.15, 0.2) is 5.82 Å². The number of aliphatic imine (C=N–C) groups is 1. The van der Waals surface area contributed by atoms with Gasteiger partial charge in [-0.1, -0.05) is 32.4 Å². The number of carbonyl (C=O) groups is 1. The molecule has 0 bridgehead atoms. The van der Waals surface area contributed by atoms with E-state index in [0.29, 0.717) is 57.5 Å². The Bertz CT molecular complexity index is 2170. The van der Waals surface area contributed by atoms with Gasteiger partial charge in [0.2, 0.25) is 5.82 Å². The minimum Gasteiger partial charge on any atom is -0.744 e. The number of nitrogens with zero attached hydrogens (tertiary/aromatic N) is 6. The molecule has 0 saturated heterocycles. The van der Waals surface area contributed by atoms with Gasteiger partial charge in [0.1, 0.15) is 25.9 Å². The molecule has 1 aliphatic heterocycles. The van der Waals surface area contributed by atoms with Crippen molar-refractivity contribution in [1.29, 1.82) is 0 Å². The second-order valence-electron chi connectivity index (χ2n) is 11.7. The van der Waals surface area contributed by atoms with E-state index in [1.54, 1.807) is 12.1 Å². The predicted octanol–water partition coefficient (Wildman–Crippen LogP) is -1.10. The van der Waals surface area contributed by atoms with Crippen LogP contribution in [0, 0.1) is 5.41 Å². The average molecular weight is 758 g/mol. The molecule has 3 aromatic carbocycles. The van der Waals surface area contributed by atoms with Crippen LogP contribution in [0.3, 0.4) is 0 Å². The molecule has 0 unspecified atom stereocenters. The van der Waals surface area contributed by atoms with Crippen LogP contribution in [0.5, 0.6) is 0 Å². The van der Waals surface area contributed by atoms with Gasteiger partial charge in [-0.05, 0) is 74.5 Å². The number of rotatable bonds is 9. The molecule has 1 aliphatic rings. The van der Waals surface area contributed by atoms with Crippen LogP contribution >= 0.6 is 11.6 Å². The summed E-state index contributed by atoms with van der Waals surface area (Å²) >= 11 is 6.67. The SMILES string of the molecule is CCN(CC)c1ccc(N=C2C(C(C)(C)C)=Nn3nc(-c4ccc(NC(=O)c5cc(S(=O)(=O)[O-])cc(S(=O)(=O)[O-])c5)cc4)nc32)c(Cl)c1.[Na+].[Na+]. The maximum Gasteiger partial charge on any atom is 1.00 e. The third-order valence-corrected chi connectivity index (χ3v) is 9.27. The normalized spacial score (nSPS) is 13.6. The van der Waals surface area contributed by atoms with Crippen molar-refractivity contribution in [1.82, 2.24) is 14.9 Å². The number of halogens is 1. The second kappa shape index (κ2) is 16.0. The van der Waals surface area contributed by atoms with Gasteiger partial charge < -0.3 is 19.3 Å². The van der Waals surface area contributed by atoms with Crippen molar-refractivity contribution < 1.29 is 89.9 Å².